The van der Waals surface area contributed by atoms with Crippen molar-refractivity contribution in [2.75, 3.05) is 0 Å². The molecule has 0 saturated heterocycles. The van der Waals surface area contributed by atoms with E-state index in [0.717, 1.165) is 11.6 Å². The second-order valence-corrected chi connectivity index (χ2v) is 4.36. The highest BCUT2D eigenvalue weighted by Gasteiger charge is 2.10. The van der Waals surface area contributed by atoms with E-state index in [0.29, 0.717) is 12.0 Å². The molecule has 3 nitrogen and oxygen atoms in total. The summed E-state index contributed by atoms with van der Waals surface area (Å²) in [5.41, 5.74) is 1.34. The van der Waals surface area contributed by atoms with Crippen molar-refractivity contribution in [2.24, 2.45) is 7.05 Å². The Labute approximate surface area is 104 Å². The van der Waals surface area contributed by atoms with Crippen LogP contribution in [0.1, 0.15) is 11.1 Å². The minimum absolute atomic E-state index is 0.212. The Morgan fingerprint density at radius 3 is 2.33 bits per heavy atom. The Morgan fingerprint density at radius 1 is 1.17 bits per heavy atom. The summed E-state index contributed by atoms with van der Waals surface area (Å²) < 4.78 is 27.6. The molecule has 5 heteroatoms. The van der Waals surface area contributed by atoms with Crippen LogP contribution >= 0.6 is 0 Å². The van der Waals surface area contributed by atoms with Crippen LogP contribution in [0.2, 0.25) is 0 Å². The van der Waals surface area contributed by atoms with Gasteiger partial charge in [-0.25, -0.2) is 8.78 Å². The van der Waals surface area contributed by atoms with Crippen molar-refractivity contribution in [3.63, 3.8) is 0 Å². The zero-order chi connectivity index (χ0) is 13.1. The molecule has 0 aliphatic heterocycles. The maximum absolute atomic E-state index is 13.0. The monoisotopic (exact) mass is 252 g/mol. The number of rotatable bonds is 4. The molecule has 1 aromatic carbocycles. The topological polar surface area (TPSA) is 38.0 Å². The predicted molar refractivity (Wildman–Crippen MR) is 63.0 cm³/mol. The number of aryl methyl sites for hydroxylation is 1. The number of aliphatic hydroxyl groups is 1. The molecule has 0 radical (unpaired) electrons. The molecule has 0 aliphatic rings. The maximum atomic E-state index is 13.0. The summed E-state index contributed by atoms with van der Waals surface area (Å²) in [6.45, 7) is 0. The maximum Gasteiger partial charge on any atom is 0.126 e. The van der Waals surface area contributed by atoms with Gasteiger partial charge in [-0.05, 0) is 29.7 Å². The van der Waals surface area contributed by atoms with Crippen LogP contribution in [0.25, 0.3) is 0 Å². The van der Waals surface area contributed by atoms with Crippen LogP contribution in [0.3, 0.4) is 0 Å². The zero-order valence-corrected chi connectivity index (χ0v) is 9.98. The van der Waals surface area contributed by atoms with Crippen molar-refractivity contribution < 1.29 is 13.9 Å². The summed E-state index contributed by atoms with van der Waals surface area (Å²) in [5.74, 6) is -1.25. The molecule has 0 bridgehead atoms. The highest BCUT2D eigenvalue weighted by molar-refractivity contribution is 5.19. The number of benzene rings is 1. The van der Waals surface area contributed by atoms with E-state index in [9.17, 15) is 13.9 Å². The SMILES string of the molecule is Cn1cc(CC(O)Cc2cc(F)cc(F)c2)cn1. The van der Waals surface area contributed by atoms with Gasteiger partial charge in [-0.3, -0.25) is 4.68 Å². The Kier molecular flexibility index (Phi) is 3.72. The van der Waals surface area contributed by atoms with Crippen molar-refractivity contribution in [1.82, 2.24) is 9.78 Å². The molecule has 1 N–H and O–H groups in total. The van der Waals surface area contributed by atoms with Crippen molar-refractivity contribution in [1.29, 1.82) is 0 Å². The fourth-order valence-electron chi connectivity index (χ4n) is 1.92. The van der Waals surface area contributed by atoms with Gasteiger partial charge < -0.3 is 5.11 Å². The van der Waals surface area contributed by atoms with E-state index in [4.69, 9.17) is 0 Å². The number of aliphatic hydroxyl groups excluding tert-OH is 1. The normalized spacial score (nSPS) is 12.7. The van der Waals surface area contributed by atoms with Crippen LogP contribution in [-0.4, -0.2) is 21.0 Å². The summed E-state index contributed by atoms with van der Waals surface area (Å²) in [6, 6.07) is 3.28. The van der Waals surface area contributed by atoms with Gasteiger partial charge in [0.25, 0.3) is 0 Å². The van der Waals surface area contributed by atoms with Gasteiger partial charge in [-0.1, -0.05) is 0 Å². The van der Waals surface area contributed by atoms with Gasteiger partial charge in [0, 0.05) is 25.7 Å². The van der Waals surface area contributed by atoms with Gasteiger partial charge in [0.05, 0.1) is 12.3 Å². The molecule has 18 heavy (non-hydrogen) atoms. The predicted octanol–water partition coefficient (Wildman–Crippen LogP) is 1.84. The quantitative estimate of drug-likeness (QED) is 0.901. The highest BCUT2D eigenvalue weighted by Crippen LogP contribution is 2.12. The van der Waals surface area contributed by atoms with Crippen LogP contribution in [0, 0.1) is 11.6 Å². The lowest BCUT2D eigenvalue weighted by molar-refractivity contribution is 0.175. The molecule has 2 aromatic rings. The Balaban J connectivity index is 2.00. The van der Waals surface area contributed by atoms with E-state index in [2.05, 4.69) is 5.10 Å². The minimum Gasteiger partial charge on any atom is -0.392 e. The van der Waals surface area contributed by atoms with Crippen molar-refractivity contribution in [2.45, 2.75) is 18.9 Å². The Morgan fingerprint density at radius 2 is 1.78 bits per heavy atom. The lowest BCUT2D eigenvalue weighted by Gasteiger charge is -2.09. The van der Waals surface area contributed by atoms with Crippen LogP contribution in [0.15, 0.2) is 30.6 Å². The largest absolute Gasteiger partial charge is 0.392 e. The summed E-state index contributed by atoms with van der Waals surface area (Å²) in [5, 5.41) is 13.9. The number of hydrogen-bond donors (Lipinski definition) is 1. The highest BCUT2D eigenvalue weighted by atomic mass is 19.1. The average molecular weight is 252 g/mol. The molecule has 2 rings (SSSR count). The van der Waals surface area contributed by atoms with Gasteiger partial charge in [-0.15, -0.1) is 0 Å². The van der Waals surface area contributed by atoms with E-state index >= 15 is 0 Å². The molecule has 1 unspecified atom stereocenters. The number of hydrogen-bond acceptors (Lipinski definition) is 2. The van der Waals surface area contributed by atoms with E-state index in [1.165, 1.54) is 12.1 Å². The van der Waals surface area contributed by atoms with E-state index in [1.807, 2.05) is 0 Å². The lowest BCUT2D eigenvalue weighted by Crippen LogP contribution is -2.14. The summed E-state index contributed by atoms with van der Waals surface area (Å²) in [4.78, 5) is 0. The summed E-state index contributed by atoms with van der Waals surface area (Å²) in [7, 11) is 1.79. The van der Waals surface area contributed by atoms with Crippen molar-refractivity contribution in [3.8, 4) is 0 Å². The third kappa shape index (κ3) is 3.37. The fraction of sp³-hybridized carbons (Fsp3) is 0.308. The van der Waals surface area contributed by atoms with E-state index < -0.39 is 17.7 Å². The van der Waals surface area contributed by atoms with Gasteiger partial charge in [0.15, 0.2) is 0 Å². The first-order valence-corrected chi connectivity index (χ1v) is 5.63. The standard InChI is InChI=1S/C13H14F2N2O/c1-17-8-10(7-16-17)5-13(18)4-9-2-11(14)6-12(15)3-9/h2-3,6-8,13,18H,4-5H2,1H3. The lowest BCUT2D eigenvalue weighted by atomic mass is 10.0. The van der Waals surface area contributed by atoms with Crippen LogP contribution < -0.4 is 0 Å². The first-order chi connectivity index (χ1) is 8.52. The second-order valence-electron chi connectivity index (χ2n) is 4.36. The van der Waals surface area contributed by atoms with Gasteiger partial charge >= 0.3 is 0 Å². The third-order valence-corrected chi connectivity index (χ3v) is 2.62. The first-order valence-electron chi connectivity index (χ1n) is 5.63. The molecule has 0 fully saturated rings. The van der Waals surface area contributed by atoms with Gasteiger partial charge in [0.1, 0.15) is 11.6 Å². The molecule has 0 amide bonds. The molecule has 0 aliphatic carbocycles. The number of aromatic nitrogens is 2. The summed E-state index contributed by atoms with van der Waals surface area (Å²) >= 11 is 0. The fourth-order valence-corrected chi connectivity index (χ4v) is 1.92. The second kappa shape index (κ2) is 5.27. The molecule has 1 heterocycles. The molecule has 0 spiro atoms. The minimum atomic E-state index is -0.685. The summed E-state index contributed by atoms with van der Waals surface area (Å²) in [6.07, 6.45) is 3.40. The molecule has 1 aromatic heterocycles. The van der Waals surface area contributed by atoms with Crippen LogP contribution in [-0.2, 0) is 19.9 Å². The number of nitrogens with zero attached hydrogens (tertiary/aromatic N) is 2. The molecule has 0 saturated carbocycles. The van der Waals surface area contributed by atoms with Gasteiger partial charge in [0.2, 0.25) is 0 Å². The smallest absolute Gasteiger partial charge is 0.126 e. The van der Waals surface area contributed by atoms with Crippen molar-refractivity contribution >= 4 is 0 Å². The molecule has 1 atom stereocenters. The number of halogens is 2. The molecule has 96 valence electrons. The first kappa shape index (κ1) is 12.7. The van der Waals surface area contributed by atoms with Crippen molar-refractivity contribution in [3.05, 3.63) is 53.4 Å². The Hall–Kier alpha value is -1.75. The molecular formula is C13H14F2N2O. The average Bonchev–Trinajstić information content (AvgIpc) is 2.61. The van der Waals surface area contributed by atoms with Gasteiger partial charge in [-0.2, -0.15) is 5.10 Å². The van der Waals surface area contributed by atoms with E-state index in [-0.39, 0.29) is 6.42 Å². The van der Waals surface area contributed by atoms with Crippen LogP contribution in [0.5, 0.6) is 0 Å². The Bertz CT molecular complexity index is 519. The van der Waals surface area contributed by atoms with E-state index in [1.54, 1.807) is 24.1 Å². The zero-order valence-electron chi connectivity index (χ0n) is 9.98. The van der Waals surface area contributed by atoms with Crippen LogP contribution in [0.4, 0.5) is 8.78 Å². The third-order valence-electron chi connectivity index (χ3n) is 2.62. The molecular weight excluding hydrogens is 238 g/mol.